The molecule has 1 heterocycles. The standard InChI is InChI=1S/C29H34N2O/c1-25(23-26-11-5-2-6-12-26)24-31-19-17-30(18-20-31)21-22-32-29(27-13-7-3-8-14-27)28-15-9-4-10-16-28/h2-16,29H,1,17-24H2. The molecule has 1 fully saturated rings. The minimum absolute atomic E-state index is 0.0139. The summed E-state index contributed by atoms with van der Waals surface area (Å²) in [4.78, 5) is 5.04. The minimum atomic E-state index is -0.0139. The first kappa shape index (κ1) is 22.5. The highest BCUT2D eigenvalue weighted by Crippen LogP contribution is 2.25. The average Bonchev–Trinajstić information content (AvgIpc) is 2.84. The van der Waals surface area contributed by atoms with E-state index in [0.717, 1.165) is 52.3 Å². The van der Waals surface area contributed by atoms with E-state index in [1.54, 1.807) is 0 Å². The summed E-state index contributed by atoms with van der Waals surface area (Å²) in [6.07, 6.45) is 0.954. The van der Waals surface area contributed by atoms with Gasteiger partial charge in [-0.15, -0.1) is 0 Å². The van der Waals surface area contributed by atoms with Gasteiger partial charge in [0, 0.05) is 39.3 Å². The second-order valence-electron chi connectivity index (χ2n) is 8.60. The number of nitrogens with zero attached hydrogens (tertiary/aromatic N) is 2. The Kier molecular flexibility index (Phi) is 8.27. The summed E-state index contributed by atoms with van der Waals surface area (Å²) in [6.45, 7) is 11.4. The van der Waals surface area contributed by atoms with Crippen LogP contribution in [0.2, 0.25) is 0 Å². The van der Waals surface area contributed by atoms with Crippen molar-refractivity contribution >= 4 is 0 Å². The molecule has 0 aromatic heterocycles. The van der Waals surface area contributed by atoms with Crippen LogP contribution < -0.4 is 0 Å². The molecule has 0 radical (unpaired) electrons. The van der Waals surface area contributed by atoms with Gasteiger partial charge in [-0.25, -0.2) is 0 Å². The lowest BCUT2D eigenvalue weighted by Gasteiger charge is -2.35. The first-order chi connectivity index (χ1) is 15.8. The van der Waals surface area contributed by atoms with Crippen molar-refractivity contribution in [2.45, 2.75) is 12.5 Å². The Balaban J connectivity index is 1.21. The summed E-state index contributed by atoms with van der Waals surface area (Å²) in [5, 5.41) is 0. The maximum absolute atomic E-state index is 6.41. The van der Waals surface area contributed by atoms with E-state index in [1.165, 1.54) is 22.3 Å². The van der Waals surface area contributed by atoms with Crippen LogP contribution in [0.3, 0.4) is 0 Å². The quantitative estimate of drug-likeness (QED) is 0.414. The molecule has 0 atom stereocenters. The molecule has 0 aliphatic carbocycles. The molecule has 3 aromatic rings. The second kappa shape index (κ2) is 11.8. The molecule has 0 saturated carbocycles. The lowest BCUT2D eigenvalue weighted by atomic mass is 10.0. The van der Waals surface area contributed by atoms with Crippen LogP contribution in [-0.4, -0.2) is 55.7 Å². The SMILES string of the molecule is C=C(Cc1ccccc1)CN1CCN(CCOC(c2ccccc2)c2ccccc2)CC1. The fourth-order valence-corrected chi connectivity index (χ4v) is 4.37. The van der Waals surface area contributed by atoms with Crippen LogP contribution in [0.5, 0.6) is 0 Å². The lowest BCUT2D eigenvalue weighted by molar-refractivity contribution is 0.0464. The Bertz CT molecular complexity index is 895. The van der Waals surface area contributed by atoms with Crippen molar-refractivity contribution in [1.29, 1.82) is 0 Å². The highest BCUT2D eigenvalue weighted by atomic mass is 16.5. The smallest absolute Gasteiger partial charge is 0.108 e. The zero-order chi connectivity index (χ0) is 22.0. The Morgan fingerprint density at radius 2 is 1.22 bits per heavy atom. The van der Waals surface area contributed by atoms with Gasteiger partial charge >= 0.3 is 0 Å². The van der Waals surface area contributed by atoms with Gasteiger partial charge in [0.25, 0.3) is 0 Å². The molecule has 1 aliphatic heterocycles. The van der Waals surface area contributed by atoms with Crippen LogP contribution in [-0.2, 0) is 11.2 Å². The van der Waals surface area contributed by atoms with E-state index in [0.29, 0.717) is 0 Å². The van der Waals surface area contributed by atoms with E-state index in [1.807, 2.05) is 0 Å². The van der Waals surface area contributed by atoms with Gasteiger partial charge in [-0.05, 0) is 23.1 Å². The maximum Gasteiger partial charge on any atom is 0.108 e. The summed E-state index contributed by atoms with van der Waals surface area (Å²) < 4.78 is 6.41. The van der Waals surface area contributed by atoms with Crippen molar-refractivity contribution in [1.82, 2.24) is 9.80 Å². The van der Waals surface area contributed by atoms with Crippen molar-refractivity contribution in [3.8, 4) is 0 Å². The number of rotatable bonds is 10. The third-order valence-corrected chi connectivity index (χ3v) is 6.11. The fraction of sp³-hybridized carbons (Fsp3) is 0.310. The Morgan fingerprint density at radius 3 is 1.78 bits per heavy atom. The molecule has 166 valence electrons. The van der Waals surface area contributed by atoms with Crippen molar-refractivity contribution in [2.75, 3.05) is 45.9 Å². The van der Waals surface area contributed by atoms with Gasteiger partial charge in [-0.2, -0.15) is 0 Å². The van der Waals surface area contributed by atoms with Gasteiger partial charge in [-0.3, -0.25) is 9.80 Å². The summed E-state index contributed by atoms with van der Waals surface area (Å²) in [5.74, 6) is 0. The Labute approximate surface area is 192 Å². The molecule has 32 heavy (non-hydrogen) atoms. The monoisotopic (exact) mass is 426 g/mol. The lowest BCUT2D eigenvalue weighted by Crippen LogP contribution is -2.47. The van der Waals surface area contributed by atoms with Gasteiger partial charge in [0.2, 0.25) is 0 Å². The minimum Gasteiger partial charge on any atom is -0.367 e. The molecular weight excluding hydrogens is 392 g/mol. The van der Waals surface area contributed by atoms with Gasteiger partial charge in [0.15, 0.2) is 0 Å². The molecule has 0 bridgehead atoms. The van der Waals surface area contributed by atoms with Crippen LogP contribution in [0.4, 0.5) is 0 Å². The van der Waals surface area contributed by atoms with Gasteiger partial charge in [0.05, 0.1) is 6.61 Å². The topological polar surface area (TPSA) is 15.7 Å². The third kappa shape index (κ3) is 6.64. The largest absolute Gasteiger partial charge is 0.367 e. The van der Waals surface area contributed by atoms with Gasteiger partial charge < -0.3 is 4.74 Å². The van der Waals surface area contributed by atoms with E-state index in [2.05, 4.69) is 107 Å². The van der Waals surface area contributed by atoms with E-state index >= 15 is 0 Å². The van der Waals surface area contributed by atoms with Crippen molar-refractivity contribution < 1.29 is 4.74 Å². The number of hydrogen-bond donors (Lipinski definition) is 0. The highest BCUT2D eigenvalue weighted by Gasteiger charge is 2.19. The Morgan fingerprint density at radius 1 is 0.719 bits per heavy atom. The molecule has 4 rings (SSSR count). The summed E-state index contributed by atoms with van der Waals surface area (Å²) in [7, 11) is 0. The number of ether oxygens (including phenoxy) is 1. The van der Waals surface area contributed by atoms with Crippen LogP contribution in [0.1, 0.15) is 22.8 Å². The summed E-state index contributed by atoms with van der Waals surface area (Å²) >= 11 is 0. The van der Waals surface area contributed by atoms with E-state index in [-0.39, 0.29) is 6.10 Å². The zero-order valence-corrected chi connectivity index (χ0v) is 18.9. The number of benzene rings is 3. The Hall–Kier alpha value is -2.72. The molecule has 3 nitrogen and oxygen atoms in total. The first-order valence-corrected chi connectivity index (χ1v) is 11.6. The molecule has 1 aliphatic rings. The van der Waals surface area contributed by atoms with Crippen LogP contribution >= 0.6 is 0 Å². The number of hydrogen-bond acceptors (Lipinski definition) is 3. The predicted molar refractivity (Wildman–Crippen MR) is 133 cm³/mol. The van der Waals surface area contributed by atoms with E-state index < -0.39 is 0 Å². The first-order valence-electron chi connectivity index (χ1n) is 11.6. The molecule has 1 saturated heterocycles. The predicted octanol–water partition coefficient (Wildman–Crippen LogP) is 5.21. The maximum atomic E-state index is 6.41. The average molecular weight is 427 g/mol. The fourth-order valence-electron chi connectivity index (χ4n) is 4.37. The molecule has 0 amide bonds. The molecule has 3 heteroatoms. The van der Waals surface area contributed by atoms with Crippen LogP contribution in [0, 0.1) is 0 Å². The van der Waals surface area contributed by atoms with Crippen LogP contribution in [0.15, 0.2) is 103 Å². The number of piperazine rings is 1. The third-order valence-electron chi connectivity index (χ3n) is 6.11. The van der Waals surface area contributed by atoms with Crippen molar-refractivity contribution in [2.24, 2.45) is 0 Å². The zero-order valence-electron chi connectivity index (χ0n) is 18.9. The second-order valence-corrected chi connectivity index (χ2v) is 8.60. The molecule has 0 spiro atoms. The van der Waals surface area contributed by atoms with Gasteiger partial charge in [0.1, 0.15) is 6.10 Å². The highest BCUT2D eigenvalue weighted by molar-refractivity contribution is 5.30. The van der Waals surface area contributed by atoms with E-state index in [4.69, 9.17) is 4.74 Å². The van der Waals surface area contributed by atoms with Crippen LogP contribution in [0.25, 0.3) is 0 Å². The van der Waals surface area contributed by atoms with E-state index in [9.17, 15) is 0 Å². The van der Waals surface area contributed by atoms with Gasteiger partial charge in [-0.1, -0.05) is 103 Å². The van der Waals surface area contributed by atoms with Crippen molar-refractivity contribution in [3.05, 3.63) is 120 Å². The summed E-state index contributed by atoms with van der Waals surface area (Å²) in [6, 6.07) is 31.7. The molecule has 0 unspecified atom stereocenters. The molecular formula is C29H34N2O. The van der Waals surface area contributed by atoms with Crippen molar-refractivity contribution in [3.63, 3.8) is 0 Å². The molecule has 0 N–H and O–H groups in total. The summed E-state index contributed by atoms with van der Waals surface area (Å²) in [5.41, 5.74) is 5.06. The normalized spacial score (nSPS) is 15.2. The molecule has 3 aromatic carbocycles.